The van der Waals surface area contributed by atoms with E-state index < -0.39 is 6.23 Å². The highest BCUT2D eigenvalue weighted by molar-refractivity contribution is 8.03. The Hall–Kier alpha value is -2.10. The van der Waals surface area contributed by atoms with Gasteiger partial charge in [0, 0.05) is 56.4 Å². The average molecular weight is 443 g/mol. The van der Waals surface area contributed by atoms with Gasteiger partial charge < -0.3 is 24.5 Å². The number of rotatable bonds is 8. The monoisotopic (exact) mass is 442 g/mol. The molecule has 7 nitrogen and oxygen atoms in total. The Morgan fingerprint density at radius 3 is 2.84 bits per heavy atom. The zero-order valence-electron chi connectivity index (χ0n) is 18.0. The van der Waals surface area contributed by atoms with Crippen LogP contribution in [0.2, 0.25) is 0 Å². The third kappa shape index (κ3) is 5.39. The van der Waals surface area contributed by atoms with Crippen molar-refractivity contribution in [3.63, 3.8) is 0 Å². The van der Waals surface area contributed by atoms with Gasteiger partial charge in [-0.25, -0.2) is 4.98 Å². The lowest BCUT2D eigenvalue weighted by atomic mass is 10.1. The van der Waals surface area contributed by atoms with Gasteiger partial charge in [-0.1, -0.05) is 30.4 Å². The fraction of sp³-hybridized carbons (Fsp3) is 0.435. The maximum absolute atomic E-state index is 11.0. The molecule has 4 rings (SSSR count). The molecule has 1 aliphatic heterocycles. The molecule has 3 unspecified atom stereocenters. The summed E-state index contributed by atoms with van der Waals surface area (Å²) in [4.78, 5) is 12.9. The number of hydrogen-bond acceptors (Lipinski definition) is 7. The Labute approximate surface area is 187 Å². The normalized spacial score (nSPS) is 22.7. The van der Waals surface area contributed by atoms with Gasteiger partial charge in [0.2, 0.25) is 0 Å². The number of hydrogen-bond donors (Lipinski definition) is 2. The number of methoxy groups -OCH3 is 2. The van der Waals surface area contributed by atoms with E-state index in [1.807, 2.05) is 18.3 Å². The fourth-order valence-electron chi connectivity index (χ4n) is 4.01. The quantitative estimate of drug-likeness (QED) is 0.651. The molecule has 0 fully saturated rings. The summed E-state index contributed by atoms with van der Waals surface area (Å²) in [6, 6.07) is 8.44. The second-order valence-electron chi connectivity index (χ2n) is 7.72. The molecule has 2 aromatic rings. The van der Waals surface area contributed by atoms with Gasteiger partial charge >= 0.3 is 0 Å². The average Bonchev–Trinajstić information content (AvgIpc) is 3.25. The molecule has 2 N–H and O–H groups in total. The number of para-hydroxylation sites is 1. The van der Waals surface area contributed by atoms with Crippen LogP contribution < -0.4 is 4.90 Å². The molecule has 0 saturated heterocycles. The van der Waals surface area contributed by atoms with Crippen molar-refractivity contribution in [3.05, 3.63) is 71.2 Å². The Morgan fingerprint density at radius 1 is 1.23 bits per heavy atom. The summed E-state index contributed by atoms with van der Waals surface area (Å²) in [5.41, 5.74) is 3.52. The van der Waals surface area contributed by atoms with E-state index in [9.17, 15) is 5.11 Å². The first-order valence-corrected chi connectivity index (χ1v) is 11.5. The molecule has 2 heterocycles. The number of ether oxygens (including phenoxy) is 2. The number of thioether (sulfide) groups is 1. The summed E-state index contributed by atoms with van der Waals surface area (Å²) in [6.45, 7) is 3.11. The molecule has 0 saturated carbocycles. The number of nitrogens with zero attached hydrogens (tertiary/aromatic N) is 3. The number of imidazole rings is 1. The molecule has 166 valence electrons. The Bertz CT molecular complexity index is 902. The number of aliphatic hydroxyl groups excluding tert-OH is 1. The number of anilines is 1. The molecule has 1 aromatic carbocycles. The first-order chi connectivity index (χ1) is 15.2. The summed E-state index contributed by atoms with van der Waals surface area (Å²) >= 11 is 1.64. The van der Waals surface area contributed by atoms with Gasteiger partial charge in [-0.15, -0.1) is 11.8 Å². The number of aromatic amines is 1. The van der Waals surface area contributed by atoms with Crippen molar-refractivity contribution in [2.75, 3.05) is 38.0 Å². The number of aliphatic hydroxyl groups is 1. The van der Waals surface area contributed by atoms with E-state index >= 15 is 0 Å². The van der Waals surface area contributed by atoms with Gasteiger partial charge in [-0.2, -0.15) is 0 Å². The van der Waals surface area contributed by atoms with Crippen LogP contribution in [-0.4, -0.2) is 71.5 Å². The summed E-state index contributed by atoms with van der Waals surface area (Å²) in [5.74, 6) is 0.590. The molecule has 0 spiro atoms. The number of H-pyrrole nitrogens is 1. The van der Waals surface area contributed by atoms with E-state index in [2.05, 4.69) is 50.1 Å². The van der Waals surface area contributed by atoms with Gasteiger partial charge in [-0.05, 0) is 17.7 Å². The second kappa shape index (κ2) is 10.5. The fourth-order valence-corrected chi connectivity index (χ4v) is 4.97. The highest BCUT2D eigenvalue weighted by Gasteiger charge is 2.25. The van der Waals surface area contributed by atoms with E-state index in [4.69, 9.17) is 9.47 Å². The molecule has 3 atom stereocenters. The van der Waals surface area contributed by atoms with Crippen LogP contribution in [0.3, 0.4) is 0 Å². The zero-order valence-corrected chi connectivity index (χ0v) is 18.8. The van der Waals surface area contributed by atoms with Crippen LogP contribution in [0.5, 0.6) is 0 Å². The van der Waals surface area contributed by atoms with E-state index in [-0.39, 0.29) is 12.2 Å². The van der Waals surface area contributed by atoms with E-state index in [1.54, 1.807) is 32.3 Å². The third-order valence-corrected chi connectivity index (χ3v) is 6.82. The SMILES string of the molecule is COC1C=CC(SCC(O)N2CCN(Cc3cnc[nH]3)c3ccccc3C2)=CC1OC. The molecule has 1 aliphatic carbocycles. The molecular formula is C23H30N4O3S. The lowest BCUT2D eigenvalue weighted by molar-refractivity contribution is 0.0137. The van der Waals surface area contributed by atoms with Crippen molar-refractivity contribution >= 4 is 17.4 Å². The molecule has 1 aromatic heterocycles. The summed E-state index contributed by atoms with van der Waals surface area (Å²) in [7, 11) is 3.37. The van der Waals surface area contributed by atoms with Crippen LogP contribution in [0.1, 0.15) is 11.3 Å². The molecule has 0 amide bonds. The lowest BCUT2D eigenvalue weighted by Gasteiger charge is -2.28. The van der Waals surface area contributed by atoms with Crippen molar-refractivity contribution in [2.45, 2.75) is 31.5 Å². The maximum atomic E-state index is 11.0. The number of nitrogens with one attached hydrogen (secondary N) is 1. The van der Waals surface area contributed by atoms with Crippen LogP contribution in [0.25, 0.3) is 0 Å². The highest BCUT2D eigenvalue weighted by Crippen LogP contribution is 2.29. The second-order valence-corrected chi connectivity index (χ2v) is 8.81. The minimum Gasteiger partial charge on any atom is -0.377 e. The zero-order chi connectivity index (χ0) is 21.6. The number of aromatic nitrogens is 2. The Balaban J connectivity index is 1.40. The van der Waals surface area contributed by atoms with Crippen LogP contribution in [-0.2, 0) is 22.6 Å². The van der Waals surface area contributed by atoms with Gasteiger partial charge in [0.15, 0.2) is 0 Å². The summed E-state index contributed by atoms with van der Waals surface area (Å²) in [6.07, 6.45) is 8.99. The molecule has 8 heteroatoms. The van der Waals surface area contributed by atoms with Gasteiger partial charge in [0.05, 0.1) is 18.6 Å². The minimum absolute atomic E-state index is 0.0674. The van der Waals surface area contributed by atoms with Gasteiger partial charge in [0.1, 0.15) is 18.4 Å². The van der Waals surface area contributed by atoms with Gasteiger partial charge in [0.25, 0.3) is 0 Å². The Morgan fingerprint density at radius 2 is 2.06 bits per heavy atom. The minimum atomic E-state index is -0.541. The molecule has 31 heavy (non-hydrogen) atoms. The number of benzene rings is 1. The van der Waals surface area contributed by atoms with Crippen LogP contribution in [0.4, 0.5) is 5.69 Å². The highest BCUT2D eigenvalue weighted by atomic mass is 32.2. The first kappa shape index (κ1) is 22.1. The number of fused-ring (bicyclic) bond motifs is 1. The van der Waals surface area contributed by atoms with Crippen molar-refractivity contribution in [3.8, 4) is 0 Å². The largest absolute Gasteiger partial charge is 0.377 e. The van der Waals surface area contributed by atoms with E-state index in [1.165, 1.54) is 11.3 Å². The lowest BCUT2D eigenvalue weighted by Crippen LogP contribution is -2.39. The summed E-state index contributed by atoms with van der Waals surface area (Å²) < 4.78 is 10.9. The standard InChI is InChI=1S/C23H30N4O3S/c1-29-21-8-7-19(11-22(21)30-2)31-15-23(28)27-10-9-26(14-18-12-24-16-25-18)20-6-4-3-5-17(20)13-27/h3-8,11-12,16,21-23,28H,9-10,13-15H2,1-2H3,(H,24,25). The van der Waals surface area contributed by atoms with Crippen molar-refractivity contribution in [2.24, 2.45) is 0 Å². The van der Waals surface area contributed by atoms with Crippen LogP contribution in [0, 0.1) is 0 Å². The van der Waals surface area contributed by atoms with Crippen molar-refractivity contribution in [1.29, 1.82) is 0 Å². The third-order valence-electron chi connectivity index (χ3n) is 5.75. The predicted molar refractivity (Wildman–Crippen MR) is 124 cm³/mol. The molecule has 0 bridgehead atoms. The first-order valence-electron chi connectivity index (χ1n) is 10.5. The van der Waals surface area contributed by atoms with Crippen LogP contribution in [0.15, 0.2) is 59.9 Å². The van der Waals surface area contributed by atoms with E-state index in [0.29, 0.717) is 5.75 Å². The topological polar surface area (TPSA) is 73.9 Å². The molecular weight excluding hydrogens is 412 g/mol. The molecule has 2 aliphatic rings. The van der Waals surface area contributed by atoms with Crippen LogP contribution >= 0.6 is 11.8 Å². The van der Waals surface area contributed by atoms with Crippen molar-refractivity contribution in [1.82, 2.24) is 14.9 Å². The van der Waals surface area contributed by atoms with Crippen molar-refractivity contribution < 1.29 is 14.6 Å². The van der Waals surface area contributed by atoms with E-state index in [0.717, 1.165) is 36.8 Å². The smallest absolute Gasteiger partial charge is 0.117 e. The van der Waals surface area contributed by atoms with Gasteiger partial charge in [-0.3, -0.25) is 4.90 Å². The summed E-state index contributed by atoms with van der Waals surface area (Å²) in [5, 5.41) is 11.0. The number of allylic oxidation sites excluding steroid dienone is 1. The Kier molecular flexibility index (Phi) is 7.47. The maximum Gasteiger partial charge on any atom is 0.117 e. The predicted octanol–water partition coefficient (Wildman–Crippen LogP) is 2.77. The molecule has 0 radical (unpaired) electrons.